The Hall–Kier alpha value is -2.26. The fraction of sp³-hybridized carbons (Fsp3) is 0.381. The molecule has 0 aliphatic carbocycles. The fourth-order valence-corrected chi connectivity index (χ4v) is 5.13. The molecule has 7 nitrogen and oxygen atoms in total. The van der Waals surface area contributed by atoms with E-state index in [4.69, 9.17) is 5.73 Å². The third kappa shape index (κ3) is 4.51. The van der Waals surface area contributed by atoms with Crippen molar-refractivity contribution in [2.24, 2.45) is 5.73 Å². The van der Waals surface area contributed by atoms with E-state index in [9.17, 15) is 13.2 Å². The van der Waals surface area contributed by atoms with Crippen LogP contribution in [-0.4, -0.2) is 33.1 Å². The topological polar surface area (TPSA) is 113 Å². The van der Waals surface area contributed by atoms with Gasteiger partial charge in [0.1, 0.15) is 0 Å². The maximum absolute atomic E-state index is 12.3. The van der Waals surface area contributed by atoms with Gasteiger partial charge in [0, 0.05) is 13.0 Å². The van der Waals surface area contributed by atoms with Crippen molar-refractivity contribution in [3.8, 4) is 11.1 Å². The Kier molecular flexibility index (Phi) is 5.69. The van der Waals surface area contributed by atoms with Gasteiger partial charge >= 0.3 is 0 Å². The normalized spacial score (nSPS) is 21.3. The van der Waals surface area contributed by atoms with Crippen molar-refractivity contribution in [2.75, 3.05) is 6.54 Å². The Morgan fingerprint density at radius 3 is 2.62 bits per heavy atom. The van der Waals surface area contributed by atoms with Gasteiger partial charge in [0.05, 0.1) is 17.1 Å². The van der Waals surface area contributed by atoms with Crippen LogP contribution >= 0.6 is 0 Å². The number of carbonyl (C=O) groups is 1. The molecule has 29 heavy (non-hydrogen) atoms. The van der Waals surface area contributed by atoms with E-state index in [-0.39, 0.29) is 11.9 Å². The first-order valence-electron chi connectivity index (χ1n) is 9.94. The van der Waals surface area contributed by atoms with Crippen molar-refractivity contribution in [1.82, 2.24) is 15.4 Å². The summed E-state index contributed by atoms with van der Waals surface area (Å²) in [6, 6.07) is 13.2. The molecule has 1 fully saturated rings. The summed E-state index contributed by atoms with van der Waals surface area (Å²) < 4.78 is 26.3. The van der Waals surface area contributed by atoms with Crippen molar-refractivity contribution in [3.63, 3.8) is 0 Å². The zero-order valence-electron chi connectivity index (χ0n) is 16.1. The monoisotopic (exact) mass is 414 g/mol. The van der Waals surface area contributed by atoms with E-state index in [0.717, 1.165) is 48.1 Å². The molecule has 2 heterocycles. The second-order valence-corrected chi connectivity index (χ2v) is 9.40. The number of rotatable bonds is 5. The predicted octanol–water partition coefficient (Wildman–Crippen LogP) is 1.23. The van der Waals surface area contributed by atoms with Gasteiger partial charge in [-0.05, 0) is 53.8 Å². The lowest BCUT2D eigenvalue weighted by atomic mass is 10.0. The molecule has 0 spiro atoms. The van der Waals surface area contributed by atoms with Crippen molar-refractivity contribution in [3.05, 3.63) is 53.6 Å². The minimum absolute atomic E-state index is 0.0319. The zero-order valence-corrected chi connectivity index (χ0v) is 17.0. The molecule has 4 rings (SSSR count). The number of sulfonamides is 1. The van der Waals surface area contributed by atoms with Gasteiger partial charge in [0.15, 0.2) is 0 Å². The minimum Gasteiger partial charge on any atom is -0.339 e. The van der Waals surface area contributed by atoms with E-state index in [1.165, 1.54) is 0 Å². The van der Waals surface area contributed by atoms with Gasteiger partial charge in [0.2, 0.25) is 15.9 Å². The summed E-state index contributed by atoms with van der Waals surface area (Å²) in [5.74, 6) is -0.0319. The summed E-state index contributed by atoms with van der Waals surface area (Å²) in [5, 5.41) is 6.12. The molecule has 5 N–H and O–H groups in total. The van der Waals surface area contributed by atoms with Gasteiger partial charge in [-0.25, -0.2) is 13.1 Å². The maximum atomic E-state index is 12.3. The van der Waals surface area contributed by atoms with Gasteiger partial charge in [-0.2, -0.15) is 0 Å². The van der Waals surface area contributed by atoms with Crippen LogP contribution in [0.3, 0.4) is 0 Å². The number of nitrogens with one attached hydrogen (secondary N) is 3. The molecule has 154 valence electrons. The lowest BCUT2D eigenvalue weighted by molar-refractivity contribution is -0.124. The quantitative estimate of drug-likeness (QED) is 0.550. The molecular formula is C21H26N4O3S. The van der Waals surface area contributed by atoms with Crippen LogP contribution in [0.1, 0.15) is 30.4 Å². The summed E-state index contributed by atoms with van der Waals surface area (Å²) in [5.41, 5.74) is 9.91. The number of benzene rings is 2. The van der Waals surface area contributed by atoms with E-state index in [2.05, 4.69) is 15.4 Å². The molecular weight excluding hydrogens is 388 g/mol. The molecule has 0 bridgehead atoms. The molecule has 0 aromatic heterocycles. The highest BCUT2D eigenvalue weighted by Gasteiger charge is 2.25. The smallest absolute Gasteiger partial charge is 0.241 e. The summed E-state index contributed by atoms with van der Waals surface area (Å²) in [7, 11) is -3.35. The lowest BCUT2D eigenvalue weighted by Crippen LogP contribution is -2.52. The Morgan fingerprint density at radius 2 is 1.90 bits per heavy atom. The third-order valence-corrected chi connectivity index (χ3v) is 7.00. The van der Waals surface area contributed by atoms with Crippen LogP contribution in [0.4, 0.5) is 0 Å². The molecule has 2 aliphatic rings. The van der Waals surface area contributed by atoms with Crippen LogP contribution in [0.25, 0.3) is 11.1 Å². The molecule has 2 aliphatic heterocycles. The average molecular weight is 415 g/mol. The Bertz CT molecular complexity index is 999. The Balaban J connectivity index is 1.39. The summed E-state index contributed by atoms with van der Waals surface area (Å²) in [6.07, 6.45) is 3.13. The van der Waals surface area contributed by atoms with Crippen LogP contribution in [0, 0.1) is 0 Å². The van der Waals surface area contributed by atoms with Crippen LogP contribution in [0.2, 0.25) is 0 Å². The molecule has 1 amide bonds. The number of fused-ring (bicyclic) bond motifs is 1. The largest absolute Gasteiger partial charge is 0.339 e. The summed E-state index contributed by atoms with van der Waals surface area (Å²) in [6.45, 7) is 1.20. The van der Waals surface area contributed by atoms with Crippen LogP contribution in [0.5, 0.6) is 0 Å². The number of amides is 1. The number of hydrogen-bond donors (Lipinski definition) is 4. The zero-order chi connectivity index (χ0) is 20.4. The molecule has 2 aromatic carbocycles. The van der Waals surface area contributed by atoms with E-state index in [0.29, 0.717) is 17.9 Å². The van der Waals surface area contributed by atoms with E-state index >= 15 is 0 Å². The standard InChI is InChI=1S/C21H26N4O3S/c22-20(25-21(26)18-3-1-2-10-23-18)11-14-4-6-15(7-5-14)16-8-9-19-17(12-16)13-24-29(19,27)28/h4-9,12,18,20,23-24H,1-3,10-11,13,22H2,(H,25,26)/t18-,20-/m0/s1. The van der Waals surface area contributed by atoms with Crippen LogP contribution in [-0.2, 0) is 27.8 Å². The first-order valence-corrected chi connectivity index (χ1v) is 11.4. The Morgan fingerprint density at radius 1 is 1.14 bits per heavy atom. The van der Waals surface area contributed by atoms with Gasteiger partial charge in [-0.3, -0.25) is 4.79 Å². The second kappa shape index (κ2) is 8.23. The minimum atomic E-state index is -3.35. The van der Waals surface area contributed by atoms with Crippen molar-refractivity contribution in [2.45, 2.75) is 49.3 Å². The van der Waals surface area contributed by atoms with Gasteiger partial charge in [-0.1, -0.05) is 36.8 Å². The number of nitrogens with two attached hydrogens (primary N) is 1. The number of hydrogen-bond acceptors (Lipinski definition) is 5. The van der Waals surface area contributed by atoms with Crippen molar-refractivity contribution < 1.29 is 13.2 Å². The van der Waals surface area contributed by atoms with E-state index < -0.39 is 16.2 Å². The van der Waals surface area contributed by atoms with Crippen molar-refractivity contribution >= 4 is 15.9 Å². The first kappa shape index (κ1) is 20.0. The third-order valence-electron chi connectivity index (χ3n) is 5.50. The molecule has 2 atom stereocenters. The average Bonchev–Trinajstić information content (AvgIpc) is 3.03. The summed E-state index contributed by atoms with van der Waals surface area (Å²) >= 11 is 0. The van der Waals surface area contributed by atoms with E-state index in [1.54, 1.807) is 6.07 Å². The summed E-state index contributed by atoms with van der Waals surface area (Å²) in [4.78, 5) is 12.6. The lowest BCUT2D eigenvalue weighted by Gasteiger charge is -2.24. The predicted molar refractivity (Wildman–Crippen MR) is 111 cm³/mol. The molecule has 8 heteroatoms. The van der Waals surface area contributed by atoms with Gasteiger partial charge < -0.3 is 16.4 Å². The molecule has 1 saturated heterocycles. The van der Waals surface area contributed by atoms with Crippen LogP contribution in [0.15, 0.2) is 47.4 Å². The molecule has 0 unspecified atom stereocenters. The van der Waals surface area contributed by atoms with Gasteiger partial charge in [-0.15, -0.1) is 0 Å². The van der Waals surface area contributed by atoms with Gasteiger partial charge in [0.25, 0.3) is 0 Å². The number of carbonyl (C=O) groups excluding carboxylic acids is 1. The number of piperidine rings is 1. The Labute approximate surface area is 171 Å². The highest BCUT2D eigenvalue weighted by atomic mass is 32.2. The molecule has 0 saturated carbocycles. The van der Waals surface area contributed by atoms with Crippen molar-refractivity contribution in [1.29, 1.82) is 0 Å². The maximum Gasteiger partial charge on any atom is 0.241 e. The van der Waals surface area contributed by atoms with E-state index in [1.807, 2.05) is 36.4 Å². The molecule has 0 radical (unpaired) electrons. The molecule has 2 aromatic rings. The first-order chi connectivity index (χ1) is 13.9. The SMILES string of the molecule is N[C@H](Cc1ccc(-c2ccc3c(c2)CNS3(=O)=O)cc1)NC(=O)[C@@H]1CCCCN1. The highest BCUT2D eigenvalue weighted by molar-refractivity contribution is 7.89. The fourth-order valence-electron chi connectivity index (χ4n) is 3.91. The highest BCUT2D eigenvalue weighted by Crippen LogP contribution is 2.28. The second-order valence-electron chi connectivity index (χ2n) is 7.67. The van der Waals surface area contributed by atoms with Crippen LogP contribution < -0.4 is 21.1 Å².